The van der Waals surface area contributed by atoms with Gasteiger partial charge >= 0.3 is 0 Å². The number of rotatable bonds is 5. The SMILES string of the molecule is O=C(Nc1nnc(Cc2cccc(Cl)c2)s1)c1ccc(C2CCCCC2)cc1. The Hall–Kier alpha value is -2.24. The molecule has 28 heavy (non-hydrogen) atoms. The molecule has 0 aliphatic heterocycles. The molecule has 1 aliphatic carbocycles. The van der Waals surface area contributed by atoms with E-state index in [1.165, 1.54) is 49.0 Å². The van der Waals surface area contributed by atoms with E-state index in [9.17, 15) is 4.79 Å². The van der Waals surface area contributed by atoms with Gasteiger partial charge in [0.05, 0.1) is 0 Å². The fraction of sp³-hybridized carbons (Fsp3) is 0.318. The lowest BCUT2D eigenvalue weighted by atomic mass is 9.84. The second-order valence-electron chi connectivity index (χ2n) is 7.22. The summed E-state index contributed by atoms with van der Waals surface area (Å²) in [6, 6.07) is 15.7. The third-order valence-electron chi connectivity index (χ3n) is 5.18. The van der Waals surface area contributed by atoms with E-state index in [1.54, 1.807) is 0 Å². The summed E-state index contributed by atoms with van der Waals surface area (Å²) in [5.41, 5.74) is 3.06. The van der Waals surface area contributed by atoms with Crippen molar-refractivity contribution in [1.29, 1.82) is 0 Å². The van der Waals surface area contributed by atoms with Crippen molar-refractivity contribution >= 4 is 34.0 Å². The van der Waals surface area contributed by atoms with Crippen molar-refractivity contribution in [1.82, 2.24) is 10.2 Å². The van der Waals surface area contributed by atoms with Gasteiger partial charge in [-0.15, -0.1) is 10.2 Å². The molecule has 144 valence electrons. The summed E-state index contributed by atoms with van der Waals surface area (Å²) < 4.78 is 0. The van der Waals surface area contributed by atoms with Crippen LogP contribution in [0.4, 0.5) is 5.13 Å². The van der Waals surface area contributed by atoms with Crippen LogP contribution in [0.25, 0.3) is 0 Å². The molecule has 1 N–H and O–H groups in total. The van der Waals surface area contributed by atoms with E-state index in [1.807, 2.05) is 36.4 Å². The van der Waals surface area contributed by atoms with Crippen molar-refractivity contribution in [2.75, 3.05) is 5.32 Å². The number of halogens is 1. The Kier molecular flexibility index (Phi) is 6.03. The fourth-order valence-electron chi connectivity index (χ4n) is 3.71. The monoisotopic (exact) mass is 411 g/mol. The molecule has 0 atom stereocenters. The van der Waals surface area contributed by atoms with Gasteiger partial charge in [-0.25, -0.2) is 0 Å². The average molecular weight is 412 g/mol. The number of hydrogen-bond acceptors (Lipinski definition) is 4. The zero-order valence-corrected chi connectivity index (χ0v) is 17.1. The fourth-order valence-corrected chi connectivity index (χ4v) is 4.69. The van der Waals surface area contributed by atoms with Crippen LogP contribution in [0.3, 0.4) is 0 Å². The van der Waals surface area contributed by atoms with Crippen molar-refractivity contribution in [3.63, 3.8) is 0 Å². The van der Waals surface area contributed by atoms with Crippen LogP contribution in [-0.2, 0) is 6.42 Å². The Balaban J connectivity index is 1.37. The van der Waals surface area contributed by atoms with Gasteiger partial charge in [0.2, 0.25) is 5.13 Å². The van der Waals surface area contributed by atoms with E-state index < -0.39 is 0 Å². The van der Waals surface area contributed by atoms with Crippen LogP contribution >= 0.6 is 22.9 Å². The molecule has 1 fully saturated rings. The first-order valence-electron chi connectivity index (χ1n) is 9.65. The number of amides is 1. The minimum Gasteiger partial charge on any atom is -0.296 e. The van der Waals surface area contributed by atoms with Crippen LogP contribution < -0.4 is 5.32 Å². The molecule has 1 aromatic heterocycles. The molecule has 6 heteroatoms. The molecule has 1 aliphatic rings. The molecule has 1 saturated carbocycles. The van der Waals surface area contributed by atoms with Gasteiger partial charge in [-0.05, 0) is 54.2 Å². The molecule has 0 spiro atoms. The topological polar surface area (TPSA) is 54.9 Å². The van der Waals surface area contributed by atoms with Crippen LogP contribution in [-0.4, -0.2) is 16.1 Å². The van der Waals surface area contributed by atoms with E-state index in [4.69, 9.17) is 11.6 Å². The second kappa shape index (κ2) is 8.84. The molecule has 3 aromatic rings. The first-order valence-corrected chi connectivity index (χ1v) is 10.8. The highest BCUT2D eigenvalue weighted by atomic mass is 35.5. The minimum atomic E-state index is -0.152. The summed E-state index contributed by atoms with van der Waals surface area (Å²) in [7, 11) is 0. The smallest absolute Gasteiger partial charge is 0.257 e. The Morgan fingerprint density at radius 1 is 1.07 bits per heavy atom. The van der Waals surface area contributed by atoms with Gasteiger partial charge in [-0.1, -0.05) is 66.5 Å². The minimum absolute atomic E-state index is 0.152. The number of nitrogens with zero attached hydrogens (tertiary/aromatic N) is 2. The maximum absolute atomic E-state index is 12.5. The number of anilines is 1. The van der Waals surface area contributed by atoms with Crippen molar-refractivity contribution in [3.8, 4) is 0 Å². The summed E-state index contributed by atoms with van der Waals surface area (Å²) in [5.74, 6) is 0.490. The third kappa shape index (κ3) is 4.78. The van der Waals surface area contributed by atoms with Crippen molar-refractivity contribution in [3.05, 3.63) is 75.3 Å². The Labute approximate surface area is 174 Å². The van der Waals surface area contributed by atoms with Crippen LogP contribution in [0.15, 0.2) is 48.5 Å². The predicted octanol–water partition coefficient (Wildman–Crippen LogP) is 6.08. The van der Waals surface area contributed by atoms with Crippen LogP contribution in [0.5, 0.6) is 0 Å². The van der Waals surface area contributed by atoms with Gasteiger partial charge in [-0.2, -0.15) is 0 Å². The highest BCUT2D eigenvalue weighted by Gasteiger charge is 2.16. The second-order valence-corrected chi connectivity index (χ2v) is 8.72. The lowest BCUT2D eigenvalue weighted by molar-refractivity contribution is 0.102. The van der Waals surface area contributed by atoms with Crippen LogP contribution in [0.1, 0.15) is 64.5 Å². The molecular weight excluding hydrogens is 390 g/mol. The molecule has 4 nitrogen and oxygen atoms in total. The molecule has 2 aromatic carbocycles. The highest BCUT2D eigenvalue weighted by Crippen LogP contribution is 2.32. The number of aromatic nitrogens is 2. The maximum atomic E-state index is 12.5. The summed E-state index contributed by atoms with van der Waals surface area (Å²) in [5, 5.41) is 13.2. The molecule has 0 bridgehead atoms. The summed E-state index contributed by atoms with van der Waals surface area (Å²) >= 11 is 7.41. The number of carbonyl (C=O) groups is 1. The number of benzene rings is 2. The molecule has 0 unspecified atom stereocenters. The van der Waals surface area contributed by atoms with Gasteiger partial charge in [0.25, 0.3) is 5.91 Å². The lowest BCUT2D eigenvalue weighted by Gasteiger charge is -2.22. The average Bonchev–Trinajstić information content (AvgIpc) is 3.15. The largest absolute Gasteiger partial charge is 0.296 e. The lowest BCUT2D eigenvalue weighted by Crippen LogP contribution is -2.12. The standard InChI is InChI=1S/C22H22ClN3OS/c23-19-8-4-5-15(13-19)14-20-25-26-22(28-20)24-21(27)18-11-9-17(10-12-18)16-6-2-1-3-7-16/h4-5,8-13,16H,1-3,6-7,14H2,(H,24,26,27). The number of carbonyl (C=O) groups excluding carboxylic acids is 1. The van der Waals surface area contributed by atoms with Crippen molar-refractivity contribution in [2.45, 2.75) is 44.4 Å². The Morgan fingerprint density at radius 3 is 2.61 bits per heavy atom. The third-order valence-corrected chi connectivity index (χ3v) is 6.25. The summed E-state index contributed by atoms with van der Waals surface area (Å²) in [4.78, 5) is 12.5. The van der Waals surface area contributed by atoms with E-state index >= 15 is 0 Å². The molecule has 1 amide bonds. The molecule has 0 radical (unpaired) electrons. The Bertz CT molecular complexity index is 948. The quantitative estimate of drug-likeness (QED) is 0.553. The van der Waals surface area contributed by atoms with Crippen molar-refractivity contribution < 1.29 is 4.79 Å². The van der Waals surface area contributed by atoms with Gasteiger partial charge in [0.1, 0.15) is 5.01 Å². The van der Waals surface area contributed by atoms with E-state index in [2.05, 4.69) is 27.6 Å². The van der Waals surface area contributed by atoms with E-state index in [-0.39, 0.29) is 5.91 Å². The highest BCUT2D eigenvalue weighted by molar-refractivity contribution is 7.15. The number of hydrogen-bond donors (Lipinski definition) is 1. The van der Waals surface area contributed by atoms with Gasteiger partial charge in [0.15, 0.2) is 0 Å². The van der Waals surface area contributed by atoms with Gasteiger partial charge < -0.3 is 0 Å². The van der Waals surface area contributed by atoms with E-state index in [0.717, 1.165) is 10.6 Å². The normalized spacial score (nSPS) is 14.8. The Morgan fingerprint density at radius 2 is 1.86 bits per heavy atom. The molecule has 1 heterocycles. The zero-order valence-electron chi connectivity index (χ0n) is 15.5. The first-order chi connectivity index (χ1) is 13.7. The van der Waals surface area contributed by atoms with Gasteiger partial charge in [0, 0.05) is 17.0 Å². The summed E-state index contributed by atoms with van der Waals surface area (Å²) in [6.07, 6.45) is 7.11. The zero-order chi connectivity index (χ0) is 19.3. The molecule has 0 saturated heterocycles. The van der Waals surface area contributed by atoms with Crippen LogP contribution in [0.2, 0.25) is 5.02 Å². The predicted molar refractivity (Wildman–Crippen MR) is 114 cm³/mol. The first kappa shape index (κ1) is 19.1. The summed E-state index contributed by atoms with van der Waals surface area (Å²) in [6.45, 7) is 0. The molecule has 4 rings (SSSR count). The van der Waals surface area contributed by atoms with Crippen molar-refractivity contribution in [2.24, 2.45) is 0 Å². The molecular formula is C22H22ClN3OS. The maximum Gasteiger partial charge on any atom is 0.257 e. The van der Waals surface area contributed by atoms with Crippen LogP contribution in [0, 0.1) is 0 Å². The van der Waals surface area contributed by atoms with Gasteiger partial charge in [-0.3, -0.25) is 10.1 Å². The van der Waals surface area contributed by atoms with E-state index in [0.29, 0.717) is 28.1 Å². The number of nitrogens with one attached hydrogen (secondary N) is 1.